The second kappa shape index (κ2) is 19.4. The molecule has 2 heteroatoms. The van der Waals surface area contributed by atoms with Crippen LogP contribution < -0.4 is 0 Å². The van der Waals surface area contributed by atoms with Gasteiger partial charge >= 0.3 is 0 Å². The normalized spacial score (nSPS) is 13.9. The summed E-state index contributed by atoms with van der Waals surface area (Å²) in [7, 11) is 0. The van der Waals surface area contributed by atoms with E-state index in [-0.39, 0.29) is 5.41 Å². The second-order valence-electron chi connectivity index (χ2n) is 18.6. The minimum Gasteiger partial charge on any atom is -0.456 e. The second-order valence-corrected chi connectivity index (χ2v) is 18.6. The molecular weight excluding hydrogens is 811 g/mol. The van der Waals surface area contributed by atoms with Crippen molar-refractivity contribution in [2.24, 2.45) is 5.92 Å². The van der Waals surface area contributed by atoms with Crippen molar-refractivity contribution in [1.29, 1.82) is 0 Å². The van der Waals surface area contributed by atoms with E-state index in [0.717, 1.165) is 24.0 Å². The summed E-state index contributed by atoms with van der Waals surface area (Å²) in [6, 6.07) is 65.5. The Morgan fingerprint density at radius 2 is 1.19 bits per heavy atom. The van der Waals surface area contributed by atoms with Gasteiger partial charge in [-0.05, 0) is 125 Å². The highest BCUT2D eigenvalue weighted by atomic mass is 16.3. The molecule has 67 heavy (non-hydrogen) atoms. The molecule has 0 spiro atoms. The minimum absolute atomic E-state index is 0.0687. The highest BCUT2D eigenvalue weighted by molar-refractivity contribution is 6.05. The molecule has 2 aliphatic carbocycles. The maximum Gasteiger partial charge on any atom is 0.138 e. The summed E-state index contributed by atoms with van der Waals surface area (Å²) in [6.45, 7) is 17.5. The Labute approximate surface area is 398 Å². The predicted molar refractivity (Wildman–Crippen MR) is 289 cm³/mol. The third kappa shape index (κ3) is 8.82. The molecule has 0 radical (unpaired) electrons. The maximum atomic E-state index is 5.78. The quantitative estimate of drug-likeness (QED) is 0.168. The zero-order valence-corrected chi connectivity index (χ0v) is 40.5. The lowest BCUT2D eigenvalue weighted by Gasteiger charge is -2.22. The number of nitrogens with zero attached hydrogens (tertiary/aromatic N) is 1. The van der Waals surface area contributed by atoms with Gasteiger partial charge in [0, 0.05) is 38.5 Å². The smallest absolute Gasteiger partial charge is 0.138 e. The first kappa shape index (κ1) is 45.0. The molecule has 8 aromatic carbocycles. The summed E-state index contributed by atoms with van der Waals surface area (Å²) >= 11 is 0. The van der Waals surface area contributed by atoms with Crippen molar-refractivity contribution in [2.75, 3.05) is 0 Å². The third-order valence-corrected chi connectivity index (χ3v) is 13.6. The number of allylic oxidation sites excluding steroid dienone is 1. The molecule has 2 aliphatic rings. The molecule has 0 aliphatic heterocycles. The van der Waals surface area contributed by atoms with Crippen LogP contribution in [0.2, 0.25) is 0 Å². The maximum absolute atomic E-state index is 5.78. The SMILES string of the molecule is CC.CCCc1ccc2c(c1)C(C)(C)c1cc(-c3ccccc3)ccc1-2.Cc1ccc(-c2ccc3c(c2)c2c(n3-c3ccccc3)CC(C)C=C2)cc1.Cc1cccc2c1oc1ccccc12. The van der Waals surface area contributed by atoms with Crippen molar-refractivity contribution in [3.05, 3.63) is 227 Å². The molecule has 2 nitrogen and oxygen atoms in total. The molecule has 1 atom stereocenters. The first-order chi connectivity index (χ1) is 32.7. The van der Waals surface area contributed by atoms with Crippen LogP contribution in [0.3, 0.4) is 0 Å². The first-order valence-electron chi connectivity index (χ1n) is 24.4. The largest absolute Gasteiger partial charge is 0.456 e. The Balaban J connectivity index is 0.000000129. The van der Waals surface area contributed by atoms with Gasteiger partial charge in [0.05, 0.1) is 5.52 Å². The summed E-state index contributed by atoms with van der Waals surface area (Å²) in [5, 5.41) is 3.75. The average Bonchev–Trinajstić information content (AvgIpc) is 3.98. The Morgan fingerprint density at radius 3 is 1.94 bits per heavy atom. The molecule has 334 valence electrons. The van der Waals surface area contributed by atoms with Gasteiger partial charge in [0.2, 0.25) is 0 Å². The van der Waals surface area contributed by atoms with Gasteiger partial charge in [-0.2, -0.15) is 0 Å². The van der Waals surface area contributed by atoms with E-state index in [1.165, 1.54) is 106 Å². The van der Waals surface area contributed by atoms with Crippen LogP contribution in [0.15, 0.2) is 192 Å². The van der Waals surface area contributed by atoms with Crippen LogP contribution in [-0.4, -0.2) is 4.57 Å². The van der Waals surface area contributed by atoms with E-state index >= 15 is 0 Å². The Kier molecular flexibility index (Phi) is 13.0. The molecule has 0 bridgehead atoms. The Bertz CT molecular complexity index is 3340. The summed E-state index contributed by atoms with van der Waals surface area (Å²) in [5.74, 6) is 0.570. The van der Waals surface area contributed by atoms with Crippen molar-refractivity contribution in [1.82, 2.24) is 4.57 Å². The lowest BCUT2D eigenvalue weighted by molar-refractivity contribution is 0.659. The number of benzene rings is 8. The molecule has 2 heterocycles. The van der Waals surface area contributed by atoms with Crippen LogP contribution in [0.25, 0.3) is 78.0 Å². The fourth-order valence-electron chi connectivity index (χ4n) is 10.1. The van der Waals surface area contributed by atoms with Crippen molar-refractivity contribution >= 4 is 38.9 Å². The van der Waals surface area contributed by atoms with E-state index in [0.29, 0.717) is 5.92 Å². The fourth-order valence-corrected chi connectivity index (χ4v) is 10.1. The lowest BCUT2D eigenvalue weighted by atomic mass is 9.81. The van der Waals surface area contributed by atoms with E-state index < -0.39 is 0 Å². The molecule has 1 unspecified atom stereocenters. The topological polar surface area (TPSA) is 18.1 Å². The third-order valence-electron chi connectivity index (χ3n) is 13.6. The lowest BCUT2D eigenvalue weighted by Crippen LogP contribution is -2.15. The van der Waals surface area contributed by atoms with Crippen molar-refractivity contribution < 1.29 is 4.42 Å². The molecular formula is C65H63NO. The number of para-hydroxylation sites is 3. The van der Waals surface area contributed by atoms with Gasteiger partial charge in [-0.3, -0.25) is 0 Å². The van der Waals surface area contributed by atoms with Gasteiger partial charge in [-0.15, -0.1) is 0 Å². The molecule has 2 aromatic heterocycles. The van der Waals surface area contributed by atoms with Crippen LogP contribution in [0.1, 0.15) is 87.0 Å². The average molecular weight is 874 g/mol. The van der Waals surface area contributed by atoms with Crippen LogP contribution in [-0.2, 0) is 18.3 Å². The van der Waals surface area contributed by atoms with Crippen LogP contribution in [0.4, 0.5) is 0 Å². The highest BCUT2D eigenvalue weighted by Crippen LogP contribution is 2.50. The van der Waals surface area contributed by atoms with Crippen LogP contribution in [0, 0.1) is 19.8 Å². The zero-order valence-electron chi connectivity index (χ0n) is 40.5. The number of hydrogen-bond donors (Lipinski definition) is 0. The first-order valence-corrected chi connectivity index (χ1v) is 24.4. The summed E-state index contributed by atoms with van der Waals surface area (Å²) in [6.07, 6.45) is 8.11. The minimum atomic E-state index is 0.0687. The number of aryl methyl sites for hydroxylation is 3. The van der Waals surface area contributed by atoms with Crippen molar-refractivity contribution in [2.45, 2.75) is 80.1 Å². The standard InChI is InChI=1S/C26H23N.C24H24.C13H10O.C2H6/c1-18-8-11-20(12-9-18)21-13-15-25-24(17-21)23-14-10-19(2)16-26(23)27(25)22-6-4-3-5-7-22;1-4-8-17-11-13-20-21-14-12-19(18-9-6-5-7-10-18)16-23(21)24(2,3)22(20)15-17;1-9-5-4-7-11-10-6-2-3-8-12(10)14-13(9)11;1-2/h3-15,17,19H,16H2,1-2H3;5-7,9-16H,4,8H2,1-3H3;2-8H,1H3;1-2H3. The molecule has 0 amide bonds. The predicted octanol–water partition coefficient (Wildman–Crippen LogP) is 18.3. The summed E-state index contributed by atoms with van der Waals surface area (Å²) in [4.78, 5) is 0. The van der Waals surface area contributed by atoms with E-state index in [1.54, 1.807) is 0 Å². The van der Waals surface area contributed by atoms with E-state index in [1.807, 2.05) is 32.0 Å². The molecule has 0 saturated heterocycles. The van der Waals surface area contributed by atoms with Gasteiger partial charge in [0.1, 0.15) is 11.2 Å². The summed E-state index contributed by atoms with van der Waals surface area (Å²) in [5.41, 5.74) is 22.2. The van der Waals surface area contributed by atoms with Gasteiger partial charge in [0.15, 0.2) is 0 Å². The Hall–Kier alpha value is -7.16. The zero-order chi connectivity index (χ0) is 46.7. The Morgan fingerprint density at radius 1 is 0.582 bits per heavy atom. The highest BCUT2D eigenvalue weighted by Gasteiger charge is 2.35. The summed E-state index contributed by atoms with van der Waals surface area (Å²) < 4.78 is 8.23. The molecule has 0 N–H and O–H groups in total. The number of fused-ring (bicyclic) bond motifs is 9. The van der Waals surface area contributed by atoms with Gasteiger partial charge in [-0.25, -0.2) is 0 Å². The van der Waals surface area contributed by atoms with Crippen LogP contribution in [0.5, 0.6) is 0 Å². The number of aromatic nitrogens is 1. The number of hydrogen-bond acceptors (Lipinski definition) is 1. The molecule has 0 saturated carbocycles. The van der Waals surface area contributed by atoms with E-state index in [9.17, 15) is 0 Å². The van der Waals surface area contributed by atoms with Gasteiger partial charge in [-0.1, -0.05) is 211 Å². The van der Waals surface area contributed by atoms with Crippen molar-refractivity contribution in [3.8, 4) is 39.1 Å². The monoisotopic (exact) mass is 873 g/mol. The van der Waals surface area contributed by atoms with E-state index in [2.05, 4.69) is 222 Å². The van der Waals surface area contributed by atoms with E-state index in [4.69, 9.17) is 4.42 Å². The number of furan rings is 1. The van der Waals surface area contributed by atoms with Crippen molar-refractivity contribution in [3.63, 3.8) is 0 Å². The van der Waals surface area contributed by atoms with Gasteiger partial charge < -0.3 is 8.98 Å². The van der Waals surface area contributed by atoms with Crippen LogP contribution >= 0.6 is 0 Å². The fraction of sp³-hybridized carbons (Fsp3) is 0.200. The van der Waals surface area contributed by atoms with Gasteiger partial charge in [0.25, 0.3) is 0 Å². The molecule has 12 rings (SSSR count). The number of rotatable bonds is 5. The molecule has 0 fully saturated rings. The molecule has 10 aromatic rings.